The molecule has 122 valence electrons. The van der Waals surface area contributed by atoms with Crippen LogP contribution in [0, 0.1) is 0 Å². The second-order valence-electron chi connectivity index (χ2n) is 5.69. The highest BCUT2D eigenvalue weighted by Crippen LogP contribution is 2.10. The Bertz CT molecular complexity index is 622. The number of hydrogen-bond acceptors (Lipinski definition) is 6. The van der Waals surface area contributed by atoms with Crippen molar-refractivity contribution >= 4 is 5.91 Å². The Morgan fingerprint density at radius 1 is 1.43 bits per heavy atom. The van der Waals surface area contributed by atoms with Crippen LogP contribution in [0.15, 0.2) is 24.8 Å². The second kappa shape index (κ2) is 7.77. The van der Waals surface area contributed by atoms with Gasteiger partial charge >= 0.3 is 0 Å². The van der Waals surface area contributed by atoms with Gasteiger partial charge in [-0.3, -0.25) is 9.48 Å². The van der Waals surface area contributed by atoms with E-state index in [4.69, 9.17) is 0 Å². The van der Waals surface area contributed by atoms with Gasteiger partial charge in [-0.25, -0.2) is 9.97 Å². The normalized spacial score (nSPS) is 17.8. The van der Waals surface area contributed by atoms with E-state index in [9.17, 15) is 4.79 Å². The molecule has 0 aromatic carbocycles. The van der Waals surface area contributed by atoms with Gasteiger partial charge in [0.2, 0.25) is 0 Å². The fraction of sp³-hybridized carbons (Fsp3) is 0.533. The van der Waals surface area contributed by atoms with E-state index in [0.29, 0.717) is 18.3 Å². The maximum absolute atomic E-state index is 12.1. The lowest BCUT2D eigenvalue weighted by molar-refractivity contribution is 0.0945. The summed E-state index contributed by atoms with van der Waals surface area (Å²) in [5.41, 5.74) is 1.08. The molecule has 23 heavy (non-hydrogen) atoms. The van der Waals surface area contributed by atoms with Crippen LogP contribution < -0.4 is 10.6 Å². The molecule has 0 radical (unpaired) electrons. The van der Waals surface area contributed by atoms with Crippen molar-refractivity contribution < 1.29 is 4.79 Å². The molecule has 0 spiro atoms. The van der Waals surface area contributed by atoms with E-state index in [1.54, 1.807) is 23.1 Å². The molecule has 1 atom stereocenters. The first-order valence-corrected chi connectivity index (χ1v) is 7.98. The Hall–Kier alpha value is -2.35. The maximum atomic E-state index is 12.1. The monoisotopic (exact) mass is 315 g/mol. The van der Waals surface area contributed by atoms with Gasteiger partial charge in [0.15, 0.2) is 5.69 Å². The molecule has 1 aliphatic heterocycles. The van der Waals surface area contributed by atoms with Crippen molar-refractivity contribution in [1.29, 1.82) is 0 Å². The summed E-state index contributed by atoms with van der Waals surface area (Å²) in [5.74, 6) is -0.245. The van der Waals surface area contributed by atoms with Crippen molar-refractivity contribution in [3.05, 3.63) is 36.2 Å². The van der Waals surface area contributed by atoms with Crippen molar-refractivity contribution in [1.82, 2.24) is 35.6 Å². The number of aryl methyl sites for hydroxylation is 1. The number of aromatic nitrogens is 5. The summed E-state index contributed by atoms with van der Waals surface area (Å²) < 4.78 is 1.73. The lowest BCUT2D eigenvalue weighted by Gasteiger charge is -2.23. The van der Waals surface area contributed by atoms with Crippen LogP contribution in [-0.2, 0) is 13.1 Å². The van der Waals surface area contributed by atoms with E-state index in [-0.39, 0.29) is 5.91 Å². The van der Waals surface area contributed by atoms with Crippen molar-refractivity contribution in [2.75, 3.05) is 6.54 Å². The molecule has 3 heterocycles. The molecule has 8 nitrogen and oxygen atoms in total. The largest absolute Gasteiger partial charge is 0.345 e. The number of hydrogen-bond donors (Lipinski definition) is 2. The van der Waals surface area contributed by atoms with Crippen LogP contribution in [0.5, 0.6) is 0 Å². The van der Waals surface area contributed by atoms with Crippen LogP contribution in [0.3, 0.4) is 0 Å². The lowest BCUT2D eigenvalue weighted by Crippen LogP contribution is -2.34. The zero-order chi connectivity index (χ0) is 15.9. The van der Waals surface area contributed by atoms with Gasteiger partial charge in [0.1, 0.15) is 6.33 Å². The first-order chi connectivity index (χ1) is 11.3. The van der Waals surface area contributed by atoms with Crippen molar-refractivity contribution in [3.63, 3.8) is 0 Å². The first kappa shape index (κ1) is 15.5. The summed E-state index contributed by atoms with van der Waals surface area (Å²) in [6, 6.07) is 2.30. The van der Waals surface area contributed by atoms with Crippen LogP contribution in [-0.4, -0.2) is 43.5 Å². The molecule has 1 fully saturated rings. The van der Waals surface area contributed by atoms with Gasteiger partial charge in [0.25, 0.3) is 5.91 Å². The summed E-state index contributed by atoms with van der Waals surface area (Å²) in [4.78, 5) is 19.9. The maximum Gasteiger partial charge on any atom is 0.273 e. The zero-order valence-electron chi connectivity index (χ0n) is 13.0. The van der Waals surface area contributed by atoms with Crippen LogP contribution in [0.2, 0.25) is 0 Å². The van der Waals surface area contributed by atoms with Crippen molar-refractivity contribution in [3.8, 4) is 0 Å². The molecule has 1 saturated heterocycles. The highest BCUT2D eigenvalue weighted by atomic mass is 16.2. The molecule has 2 N–H and O–H groups in total. The van der Waals surface area contributed by atoms with Gasteiger partial charge in [-0.2, -0.15) is 0 Å². The molecule has 3 rings (SSSR count). The Labute approximate surface area is 134 Å². The fourth-order valence-corrected chi connectivity index (χ4v) is 2.65. The molecule has 0 bridgehead atoms. The molecule has 1 amide bonds. The number of carbonyl (C=O) groups excluding carboxylic acids is 1. The summed E-state index contributed by atoms with van der Waals surface area (Å²) in [6.45, 7) is 2.21. The fourth-order valence-electron chi connectivity index (χ4n) is 2.65. The van der Waals surface area contributed by atoms with Crippen LogP contribution in [0.4, 0.5) is 0 Å². The van der Waals surface area contributed by atoms with Gasteiger partial charge in [0, 0.05) is 18.8 Å². The summed E-state index contributed by atoms with van der Waals surface area (Å²) in [7, 11) is 0. The standard InChI is InChI=1S/C15H21N7O/c23-15(18-9-13-4-7-16-11-19-13)14-10-22(21-20-14)8-5-12-3-1-2-6-17-12/h4,7,10-12,17H,1-3,5-6,8-9H2,(H,18,23)/t12-/m0/s1. The number of rotatable bonds is 6. The van der Waals surface area contributed by atoms with E-state index >= 15 is 0 Å². The number of amides is 1. The zero-order valence-corrected chi connectivity index (χ0v) is 13.0. The molecule has 2 aromatic rings. The third kappa shape index (κ3) is 4.56. The molecule has 0 aliphatic carbocycles. The number of carbonyl (C=O) groups is 1. The number of nitrogens with zero attached hydrogens (tertiary/aromatic N) is 5. The molecule has 0 saturated carbocycles. The predicted molar refractivity (Wildman–Crippen MR) is 83.5 cm³/mol. The third-order valence-corrected chi connectivity index (χ3v) is 3.96. The average molecular weight is 315 g/mol. The van der Waals surface area contributed by atoms with Gasteiger partial charge < -0.3 is 10.6 Å². The van der Waals surface area contributed by atoms with Crippen molar-refractivity contribution in [2.24, 2.45) is 0 Å². The SMILES string of the molecule is O=C(NCc1ccncn1)c1cn(CC[C@@H]2CCCCN2)nn1. The van der Waals surface area contributed by atoms with E-state index in [0.717, 1.165) is 25.2 Å². The average Bonchev–Trinajstić information content (AvgIpc) is 3.09. The van der Waals surface area contributed by atoms with Crippen LogP contribution in [0.25, 0.3) is 0 Å². The van der Waals surface area contributed by atoms with E-state index in [1.165, 1.54) is 25.6 Å². The van der Waals surface area contributed by atoms with Crippen LogP contribution >= 0.6 is 0 Å². The number of piperidine rings is 1. The lowest BCUT2D eigenvalue weighted by atomic mass is 10.0. The van der Waals surface area contributed by atoms with E-state index in [2.05, 4.69) is 30.9 Å². The molecule has 2 aromatic heterocycles. The second-order valence-corrected chi connectivity index (χ2v) is 5.69. The Balaban J connectivity index is 1.47. The molecule has 1 aliphatic rings. The third-order valence-electron chi connectivity index (χ3n) is 3.96. The summed E-state index contributed by atoms with van der Waals surface area (Å²) >= 11 is 0. The topological polar surface area (TPSA) is 97.6 Å². The Morgan fingerprint density at radius 2 is 2.39 bits per heavy atom. The minimum atomic E-state index is -0.245. The highest BCUT2D eigenvalue weighted by Gasteiger charge is 2.14. The Morgan fingerprint density at radius 3 is 3.17 bits per heavy atom. The van der Waals surface area contributed by atoms with E-state index in [1.807, 2.05) is 0 Å². The summed E-state index contributed by atoms with van der Waals surface area (Å²) in [5, 5.41) is 14.3. The summed E-state index contributed by atoms with van der Waals surface area (Å²) in [6.07, 6.45) is 9.55. The van der Waals surface area contributed by atoms with Gasteiger partial charge in [-0.1, -0.05) is 11.6 Å². The van der Waals surface area contributed by atoms with Gasteiger partial charge in [0.05, 0.1) is 18.4 Å². The van der Waals surface area contributed by atoms with E-state index < -0.39 is 0 Å². The number of nitrogens with one attached hydrogen (secondary N) is 2. The van der Waals surface area contributed by atoms with Crippen LogP contribution in [0.1, 0.15) is 41.9 Å². The minimum absolute atomic E-state index is 0.245. The quantitative estimate of drug-likeness (QED) is 0.807. The first-order valence-electron chi connectivity index (χ1n) is 7.98. The Kier molecular flexibility index (Phi) is 5.25. The van der Waals surface area contributed by atoms with Gasteiger partial charge in [-0.05, 0) is 31.9 Å². The smallest absolute Gasteiger partial charge is 0.273 e. The minimum Gasteiger partial charge on any atom is -0.345 e. The van der Waals surface area contributed by atoms with Gasteiger partial charge in [-0.15, -0.1) is 5.10 Å². The predicted octanol–water partition coefficient (Wildman–Crippen LogP) is 0.530. The molecule has 0 unspecified atom stereocenters. The molecular formula is C15H21N7O. The molecule has 8 heteroatoms. The van der Waals surface area contributed by atoms with Crippen molar-refractivity contribution in [2.45, 2.75) is 44.8 Å². The molecular weight excluding hydrogens is 294 g/mol. The highest BCUT2D eigenvalue weighted by molar-refractivity contribution is 5.91.